The van der Waals surface area contributed by atoms with Gasteiger partial charge in [0.15, 0.2) is 0 Å². The summed E-state index contributed by atoms with van der Waals surface area (Å²) in [6, 6.07) is 20.0. The number of hydrogen-bond donors (Lipinski definition) is 3. The third kappa shape index (κ3) is 5.74. The molecule has 0 saturated heterocycles. The van der Waals surface area contributed by atoms with E-state index in [1.807, 2.05) is 48.5 Å². The molecule has 1 atom stereocenters. The topological polar surface area (TPSA) is 144 Å². The number of rotatable bonds is 9. The third-order valence-electron chi connectivity index (χ3n) is 6.67. The zero-order valence-electron chi connectivity index (χ0n) is 21.6. The van der Waals surface area contributed by atoms with Crippen molar-refractivity contribution in [2.75, 3.05) is 19.8 Å². The van der Waals surface area contributed by atoms with Crippen LogP contribution in [-0.4, -0.2) is 48.9 Å². The van der Waals surface area contributed by atoms with E-state index in [2.05, 4.69) is 16.6 Å². The van der Waals surface area contributed by atoms with Crippen molar-refractivity contribution in [3.8, 4) is 29.2 Å². The van der Waals surface area contributed by atoms with Gasteiger partial charge in [-0.15, -0.1) is 6.42 Å². The molecule has 0 bridgehead atoms. The van der Waals surface area contributed by atoms with E-state index >= 15 is 0 Å². The van der Waals surface area contributed by atoms with Crippen molar-refractivity contribution in [3.63, 3.8) is 0 Å². The van der Waals surface area contributed by atoms with E-state index in [4.69, 9.17) is 20.3 Å². The normalized spacial score (nSPS) is 12.5. The van der Waals surface area contributed by atoms with Crippen molar-refractivity contribution in [2.24, 2.45) is 0 Å². The summed E-state index contributed by atoms with van der Waals surface area (Å²) in [6.07, 6.45) is 4.24. The highest BCUT2D eigenvalue weighted by Crippen LogP contribution is 2.44. The standard InChI is InChI=1S/C31H24N2O8/c1-2-13-39-19-11-12-27-18(14-19)15-24(30(37)41-27)28(34)32-16-26(29(35)36)33-31(38)40-17-25-22-9-5-3-7-20(22)21-8-4-6-10-23(21)25/h1,3-12,14-15,25-26H,13,16-17H2,(H,32,34)(H,33,38)(H,35,36)/t26-/m0/s1. The van der Waals surface area contributed by atoms with Crippen LogP contribution in [0.1, 0.15) is 27.4 Å². The van der Waals surface area contributed by atoms with Gasteiger partial charge in [0.1, 0.15) is 36.2 Å². The Morgan fingerprint density at radius 2 is 1.68 bits per heavy atom. The fraction of sp³-hybridized carbons (Fsp3) is 0.161. The van der Waals surface area contributed by atoms with Crippen molar-refractivity contribution in [2.45, 2.75) is 12.0 Å². The molecule has 3 N–H and O–H groups in total. The minimum atomic E-state index is -1.52. The molecule has 1 heterocycles. The van der Waals surface area contributed by atoms with E-state index in [0.29, 0.717) is 11.1 Å². The predicted molar refractivity (Wildman–Crippen MR) is 149 cm³/mol. The van der Waals surface area contributed by atoms with E-state index in [9.17, 15) is 24.3 Å². The van der Waals surface area contributed by atoms with Crippen molar-refractivity contribution >= 4 is 28.9 Å². The van der Waals surface area contributed by atoms with E-state index in [-0.39, 0.29) is 30.3 Å². The molecule has 0 fully saturated rings. The van der Waals surface area contributed by atoms with Crippen LogP contribution in [0.25, 0.3) is 22.1 Å². The number of ether oxygens (including phenoxy) is 2. The number of carbonyl (C=O) groups excluding carboxylic acids is 2. The van der Waals surface area contributed by atoms with Gasteiger partial charge in [-0.25, -0.2) is 14.4 Å². The third-order valence-corrected chi connectivity index (χ3v) is 6.67. The SMILES string of the molecule is C#CCOc1ccc2oc(=O)c(C(=O)NC[C@H](NC(=O)OCC3c4ccccc4-c4ccccc43)C(=O)O)cc2c1. The minimum Gasteiger partial charge on any atom is -0.481 e. The molecule has 0 unspecified atom stereocenters. The largest absolute Gasteiger partial charge is 0.481 e. The molecule has 10 nitrogen and oxygen atoms in total. The second-order valence-electron chi connectivity index (χ2n) is 9.21. The molecule has 1 aliphatic carbocycles. The molecule has 0 spiro atoms. The van der Waals surface area contributed by atoms with Gasteiger partial charge in [0.2, 0.25) is 0 Å². The molecule has 4 aromatic rings. The Bertz CT molecular complexity index is 1710. The molecule has 1 aliphatic rings. The summed E-state index contributed by atoms with van der Waals surface area (Å²) in [7, 11) is 0. The first-order valence-corrected chi connectivity index (χ1v) is 12.6. The van der Waals surface area contributed by atoms with Crippen LogP contribution in [0, 0.1) is 12.3 Å². The first-order valence-electron chi connectivity index (χ1n) is 12.6. The molecular formula is C31H24N2O8. The second-order valence-corrected chi connectivity index (χ2v) is 9.21. The van der Waals surface area contributed by atoms with Crippen LogP contribution in [0.4, 0.5) is 4.79 Å². The fourth-order valence-electron chi connectivity index (χ4n) is 4.75. The van der Waals surface area contributed by atoms with Crippen LogP contribution in [0.5, 0.6) is 5.75 Å². The average Bonchev–Trinajstić information content (AvgIpc) is 3.30. The molecule has 0 aliphatic heterocycles. The quantitative estimate of drug-likeness (QED) is 0.211. The summed E-state index contributed by atoms with van der Waals surface area (Å²) in [5.41, 5.74) is 3.08. The monoisotopic (exact) mass is 552 g/mol. The molecule has 2 amide bonds. The number of carboxylic acid groups (broad SMARTS) is 1. The lowest BCUT2D eigenvalue weighted by molar-refractivity contribution is -0.139. The van der Waals surface area contributed by atoms with Crippen LogP contribution in [0.15, 0.2) is 82.0 Å². The zero-order chi connectivity index (χ0) is 28.9. The summed E-state index contributed by atoms with van der Waals surface area (Å²) in [5.74, 6) is 0.258. The molecule has 1 aromatic heterocycles. The van der Waals surface area contributed by atoms with Crippen molar-refractivity contribution in [3.05, 3.63) is 99.9 Å². The highest BCUT2D eigenvalue weighted by atomic mass is 16.5. The number of amides is 2. The first kappa shape index (κ1) is 27.0. The predicted octanol–water partition coefficient (Wildman–Crippen LogP) is 3.53. The Morgan fingerprint density at radius 1 is 1.00 bits per heavy atom. The molecule has 5 rings (SSSR count). The highest BCUT2D eigenvalue weighted by Gasteiger charge is 2.30. The van der Waals surface area contributed by atoms with Gasteiger partial charge in [0, 0.05) is 17.8 Å². The number of nitrogens with one attached hydrogen (secondary N) is 2. The van der Waals surface area contributed by atoms with Crippen LogP contribution in [0.2, 0.25) is 0 Å². The summed E-state index contributed by atoms with van der Waals surface area (Å²) in [5, 5.41) is 14.6. The minimum absolute atomic E-state index is 0.0102. The Hall–Kier alpha value is -5.56. The van der Waals surface area contributed by atoms with E-state index < -0.39 is 36.2 Å². The summed E-state index contributed by atoms with van der Waals surface area (Å²) >= 11 is 0. The van der Waals surface area contributed by atoms with E-state index in [1.165, 1.54) is 12.1 Å². The molecular weight excluding hydrogens is 528 g/mol. The van der Waals surface area contributed by atoms with Crippen LogP contribution >= 0.6 is 0 Å². The second kappa shape index (κ2) is 11.7. The summed E-state index contributed by atoms with van der Waals surface area (Å²) in [4.78, 5) is 49.5. The molecule has 10 heteroatoms. The zero-order valence-corrected chi connectivity index (χ0v) is 21.6. The smallest absolute Gasteiger partial charge is 0.407 e. The number of fused-ring (bicyclic) bond motifs is 4. The van der Waals surface area contributed by atoms with Gasteiger partial charge in [-0.05, 0) is 46.5 Å². The van der Waals surface area contributed by atoms with Gasteiger partial charge >= 0.3 is 17.7 Å². The lowest BCUT2D eigenvalue weighted by Crippen LogP contribution is -2.49. The number of alkyl carbamates (subject to hydrolysis) is 1. The molecule has 0 saturated carbocycles. The Morgan fingerprint density at radius 3 is 2.34 bits per heavy atom. The van der Waals surface area contributed by atoms with Gasteiger partial charge in [-0.2, -0.15) is 0 Å². The maximum Gasteiger partial charge on any atom is 0.407 e. The molecule has 3 aromatic carbocycles. The van der Waals surface area contributed by atoms with Crippen molar-refractivity contribution in [1.29, 1.82) is 0 Å². The molecule has 206 valence electrons. The van der Waals surface area contributed by atoms with Gasteiger partial charge in [0.25, 0.3) is 5.91 Å². The van der Waals surface area contributed by atoms with Crippen LogP contribution in [-0.2, 0) is 9.53 Å². The summed E-state index contributed by atoms with van der Waals surface area (Å²) < 4.78 is 16.0. The average molecular weight is 553 g/mol. The maximum absolute atomic E-state index is 12.7. The van der Waals surface area contributed by atoms with Gasteiger partial charge in [0.05, 0.1) is 0 Å². The fourth-order valence-corrected chi connectivity index (χ4v) is 4.75. The number of hydrogen-bond acceptors (Lipinski definition) is 7. The van der Waals surface area contributed by atoms with Crippen molar-refractivity contribution < 1.29 is 33.4 Å². The lowest BCUT2D eigenvalue weighted by atomic mass is 9.98. The van der Waals surface area contributed by atoms with E-state index in [1.54, 1.807) is 12.1 Å². The van der Waals surface area contributed by atoms with Gasteiger partial charge in [-0.3, -0.25) is 4.79 Å². The lowest BCUT2D eigenvalue weighted by Gasteiger charge is -2.18. The van der Waals surface area contributed by atoms with Gasteiger partial charge < -0.3 is 29.6 Å². The number of aliphatic carboxylic acids is 1. The first-order chi connectivity index (χ1) is 19.9. The Balaban J connectivity index is 1.22. The Kier molecular flexibility index (Phi) is 7.69. The Labute approximate surface area is 233 Å². The number of terminal acetylenes is 1. The number of carboxylic acids is 1. The van der Waals surface area contributed by atoms with E-state index in [0.717, 1.165) is 22.3 Å². The van der Waals surface area contributed by atoms with Crippen molar-refractivity contribution in [1.82, 2.24) is 10.6 Å². The molecule has 0 radical (unpaired) electrons. The summed E-state index contributed by atoms with van der Waals surface area (Å²) in [6.45, 7) is -0.492. The van der Waals surface area contributed by atoms with Crippen LogP contribution < -0.4 is 21.0 Å². The highest BCUT2D eigenvalue weighted by molar-refractivity contribution is 5.97. The van der Waals surface area contributed by atoms with Crippen LogP contribution in [0.3, 0.4) is 0 Å². The number of carbonyl (C=O) groups is 3. The van der Waals surface area contributed by atoms with Gasteiger partial charge in [-0.1, -0.05) is 54.5 Å². The molecule has 41 heavy (non-hydrogen) atoms. The number of benzene rings is 3. The maximum atomic E-state index is 12.7.